The molecule has 2 saturated heterocycles. The number of nitrogens with one attached hydrogen (secondary N) is 1. The van der Waals surface area contributed by atoms with Crippen molar-refractivity contribution in [1.82, 2.24) is 14.4 Å². The largest absolute Gasteiger partial charge is 0.370 e. The van der Waals surface area contributed by atoms with Crippen LogP contribution in [-0.4, -0.2) is 78.2 Å². The van der Waals surface area contributed by atoms with Gasteiger partial charge in [-0.15, -0.1) is 0 Å². The van der Waals surface area contributed by atoms with Crippen molar-refractivity contribution in [3.05, 3.63) is 36.0 Å². The van der Waals surface area contributed by atoms with Crippen LogP contribution in [0.15, 0.2) is 30.3 Å². The molecule has 0 aliphatic carbocycles. The molecule has 2 fully saturated rings. The van der Waals surface area contributed by atoms with Gasteiger partial charge in [0.15, 0.2) is 0 Å². The van der Waals surface area contributed by atoms with Crippen molar-refractivity contribution >= 4 is 22.7 Å². The number of quaternary nitrogens is 1. The Morgan fingerprint density at radius 1 is 1.23 bits per heavy atom. The van der Waals surface area contributed by atoms with Gasteiger partial charge in [0.1, 0.15) is 19.1 Å². The Kier molecular flexibility index (Phi) is 6.39. The number of rotatable bonds is 6. The summed E-state index contributed by atoms with van der Waals surface area (Å²) in [5, 5.41) is 1.19. The van der Waals surface area contributed by atoms with Gasteiger partial charge in [-0.2, -0.15) is 0 Å². The summed E-state index contributed by atoms with van der Waals surface area (Å²) in [5.74, 6) is 0.0785. The summed E-state index contributed by atoms with van der Waals surface area (Å²) in [5.41, 5.74) is 2.29. The maximum Gasteiger partial charge on any atom is 0.245 e. The van der Waals surface area contributed by atoms with E-state index in [1.54, 1.807) is 11.8 Å². The van der Waals surface area contributed by atoms with Gasteiger partial charge >= 0.3 is 0 Å². The molecule has 1 aromatic heterocycles. The molecule has 0 unspecified atom stereocenters. The summed E-state index contributed by atoms with van der Waals surface area (Å²) in [7, 11) is 2.06. The van der Waals surface area contributed by atoms with E-state index in [9.17, 15) is 9.59 Å². The zero-order valence-electron chi connectivity index (χ0n) is 18.1. The highest BCUT2D eigenvalue weighted by Gasteiger charge is 2.35. The van der Waals surface area contributed by atoms with Gasteiger partial charge in [-0.05, 0) is 30.4 Å². The third kappa shape index (κ3) is 4.37. The van der Waals surface area contributed by atoms with Crippen molar-refractivity contribution in [2.45, 2.75) is 32.4 Å². The van der Waals surface area contributed by atoms with Gasteiger partial charge < -0.3 is 24.0 Å². The molecule has 0 radical (unpaired) electrons. The Morgan fingerprint density at radius 2 is 2.00 bits per heavy atom. The van der Waals surface area contributed by atoms with Crippen LogP contribution in [0.2, 0.25) is 0 Å². The number of fused-ring (bicyclic) bond motifs is 1. The molecule has 30 heavy (non-hydrogen) atoms. The van der Waals surface area contributed by atoms with Gasteiger partial charge in [0.05, 0.1) is 32.8 Å². The quantitative estimate of drug-likeness (QED) is 0.747. The van der Waals surface area contributed by atoms with Gasteiger partial charge in [-0.1, -0.05) is 18.2 Å². The number of amides is 2. The molecule has 1 N–H and O–H groups in total. The number of carbonyl (C=O) groups excluding carboxylic acids is 2. The molecular weight excluding hydrogens is 380 g/mol. The van der Waals surface area contributed by atoms with Crippen LogP contribution in [0.25, 0.3) is 10.9 Å². The molecule has 1 aromatic carbocycles. The number of hydrogen-bond donors (Lipinski definition) is 1. The first-order valence-corrected chi connectivity index (χ1v) is 11.0. The molecule has 7 nitrogen and oxygen atoms in total. The topological polar surface area (TPSA) is 59.2 Å². The van der Waals surface area contributed by atoms with Crippen LogP contribution >= 0.6 is 0 Å². The number of para-hydroxylation sites is 1. The molecule has 4 rings (SSSR count). The van der Waals surface area contributed by atoms with Gasteiger partial charge in [0, 0.05) is 31.7 Å². The zero-order chi connectivity index (χ0) is 21.1. The summed E-state index contributed by atoms with van der Waals surface area (Å²) >= 11 is 0. The molecule has 2 aliphatic rings. The number of benzene rings is 1. The van der Waals surface area contributed by atoms with E-state index in [4.69, 9.17) is 4.74 Å². The zero-order valence-corrected chi connectivity index (χ0v) is 18.1. The molecule has 2 aromatic rings. The monoisotopic (exact) mass is 413 g/mol. The SMILES string of the molecule is CC(=O)N1CCC[C@@H]1C(=O)N(CC[NH+]1CCOCC1)Cc1cc2ccccc2n1C. The van der Waals surface area contributed by atoms with Crippen LogP contribution in [0.3, 0.4) is 0 Å². The minimum Gasteiger partial charge on any atom is -0.370 e. The smallest absolute Gasteiger partial charge is 0.245 e. The molecule has 7 heteroatoms. The van der Waals surface area contributed by atoms with Gasteiger partial charge in [-0.25, -0.2) is 0 Å². The summed E-state index contributed by atoms with van der Waals surface area (Å²) < 4.78 is 7.65. The maximum atomic E-state index is 13.6. The highest BCUT2D eigenvalue weighted by atomic mass is 16.5. The fourth-order valence-corrected chi connectivity index (χ4v) is 4.77. The molecule has 0 spiro atoms. The molecule has 162 valence electrons. The van der Waals surface area contributed by atoms with Gasteiger partial charge in [0.25, 0.3) is 0 Å². The summed E-state index contributed by atoms with van der Waals surface area (Å²) in [4.78, 5) is 30.8. The lowest BCUT2D eigenvalue weighted by molar-refractivity contribution is -0.907. The van der Waals surface area contributed by atoms with E-state index in [2.05, 4.69) is 29.8 Å². The molecule has 1 atom stereocenters. The van der Waals surface area contributed by atoms with Crippen molar-refractivity contribution in [2.75, 3.05) is 45.9 Å². The number of hydrogen-bond acceptors (Lipinski definition) is 3. The van der Waals surface area contributed by atoms with Crippen molar-refractivity contribution in [1.29, 1.82) is 0 Å². The van der Waals surface area contributed by atoms with Crippen molar-refractivity contribution in [2.24, 2.45) is 7.05 Å². The Balaban J connectivity index is 1.54. The van der Waals surface area contributed by atoms with E-state index in [0.717, 1.165) is 51.4 Å². The van der Waals surface area contributed by atoms with E-state index >= 15 is 0 Å². The molecule has 3 heterocycles. The second-order valence-electron chi connectivity index (χ2n) is 8.50. The van der Waals surface area contributed by atoms with Crippen LogP contribution in [0.5, 0.6) is 0 Å². The molecule has 2 amide bonds. The maximum absolute atomic E-state index is 13.6. The fraction of sp³-hybridized carbons (Fsp3) is 0.565. The average molecular weight is 414 g/mol. The van der Waals surface area contributed by atoms with E-state index < -0.39 is 0 Å². The number of aryl methyl sites for hydroxylation is 1. The standard InChI is InChI=1S/C23H32N4O3/c1-18(28)27-9-5-8-22(27)23(29)26(11-10-25-12-14-30-15-13-25)17-20-16-19-6-3-4-7-21(19)24(20)2/h3-4,6-7,16,22H,5,8-15,17H2,1-2H3/p+1/t22-/m1/s1. The van der Waals surface area contributed by atoms with E-state index in [0.29, 0.717) is 19.6 Å². The van der Waals surface area contributed by atoms with Crippen LogP contribution < -0.4 is 4.90 Å². The van der Waals surface area contributed by atoms with Crippen LogP contribution in [-0.2, 0) is 27.9 Å². The Bertz CT molecular complexity index is 903. The van der Waals surface area contributed by atoms with Crippen molar-refractivity contribution in [3.63, 3.8) is 0 Å². The molecule has 0 bridgehead atoms. The summed E-state index contributed by atoms with van der Waals surface area (Å²) in [6, 6.07) is 10.2. The molecule has 2 aliphatic heterocycles. The second-order valence-corrected chi connectivity index (χ2v) is 8.50. The van der Waals surface area contributed by atoms with E-state index in [1.807, 2.05) is 17.0 Å². The first-order chi connectivity index (χ1) is 14.5. The summed E-state index contributed by atoms with van der Waals surface area (Å²) in [6.45, 7) is 7.96. The molecular formula is C23H33N4O3+. The van der Waals surface area contributed by atoms with Crippen molar-refractivity contribution < 1.29 is 19.2 Å². The first kappa shape index (κ1) is 20.9. The fourth-order valence-electron chi connectivity index (χ4n) is 4.77. The predicted molar refractivity (Wildman–Crippen MR) is 115 cm³/mol. The Hall–Kier alpha value is -2.38. The predicted octanol–water partition coefficient (Wildman–Crippen LogP) is 0.433. The summed E-state index contributed by atoms with van der Waals surface area (Å²) in [6.07, 6.45) is 1.65. The van der Waals surface area contributed by atoms with E-state index in [1.165, 1.54) is 15.8 Å². The molecule has 0 saturated carbocycles. The lowest BCUT2D eigenvalue weighted by Crippen LogP contribution is -3.14. The normalized spacial score (nSPS) is 20.1. The number of aromatic nitrogens is 1. The highest BCUT2D eigenvalue weighted by Crippen LogP contribution is 2.23. The minimum absolute atomic E-state index is 0.00536. The lowest BCUT2D eigenvalue weighted by Gasteiger charge is -2.32. The number of morpholine rings is 1. The first-order valence-electron chi connectivity index (χ1n) is 11.0. The van der Waals surface area contributed by atoms with E-state index in [-0.39, 0.29) is 17.9 Å². The van der Waals surface area contributed by atoms with Crippen LogP contribution in [0, 0.1) is 0 Å². The van der Waals surface area contributed by atoms with Crippen LogP contribution in [0.4, 0.5) is 0 Å². The van der Waals surface area contributed by atoms with Crippen LogP contribution in [0.1, 0.15) is 25.5 Å². The third-order valence-corrected chi connectivity index (χ3v) is 6.59. The third-order valence-electron chi connectivity index (χ3n) is 6.59. The van der Waals surface area contributed by atoms with Crippen molar-refractivity contribution in [3.8, 4) is 0 Å². The average Bonchev–Trinajstić information content (AvgIpc) is 3.37. The van der Waals surface area contributed by atoms with Gasteiger partial charge in [-0.3, -0.25) is 9.59 Å². The highest BCUT2D eigenvalue weighted by molar-refractivity contribution is 5.88. The Morgan fingerprint density at radius 3 is 2.73 bits per heavy atom. The number of nitrogens with zero attached hydrogens (tertiary/aromatic N) is 3. The number of ether oxygens (including phenoxy) is 1. The number of carbonyl (C=O) groups is 2. The number of likely N-dealkylation sites (tertiary alicyclic amines) is 1. The lowest BCUT2D eigenvalue weighted by atomic mass is 10.1. The minimum atomic E-state index is -0.322. The second kappa shape index (κ2) is 9.18. The van der Waals surface area contributed by atoms with Gasteiger partial charge in [0.2, 0.25) is 11.8 Å². The Labute approximate surface area is 178 Å².